The Morgan fingerprint density at radius 2 is 1.56 bits per heavy atom. The zero-order valence-electron chi connectivity index (χ0n) is 21.1. The molecule has 0 amide bonds. The number of anilines is 1. The fourth-order valence-electron chi connectivity index (χ4n) is 4.98. The molecule has 1 aliphatic heterocycles. The van der Waals surface area contributed by atoms with E-state index in [4.69, 9.17) is 9.47 Å². The number of rotatable bonds is 8. The first-order valence-corrected chi connectivity index (χ1v) is 12.7. The molecule has 1 heterocycles. The average molecular weight is 476 g/mol. The predicted molar refractivity (Wildman–Crippen MR) is 150 cm³/mol. The first-order valence-electron chi connectivity index (χ1n) is 12.7. The molecule has 0 radical (unpaired) electrons. The summed E-state index contributed by atoms with van der Waals surface area (Å²) in [5.41, 5.74) is 10.3. The van der Waals surface area contributed by atoms with Gasteiger partial charge in [0.25, 0.3) is 0 Å². The van der Waals surface area contributed by atoms with Crippen LogP contribution in [0.3, 0.4) is 0 Å². The largest absolute Gasteiger partial charge is 0.497 e. The van der Waals surface area contributed by atoms with Crippen LogP contribution in [-0.4, -0.2) is 13.7 Å². The van der Waals surface area contributed by atoms with Gasteiger partial charge in [0.05, 0.1) is 7.11 Å². The number of nitrogens with one attached hydrogen (secondary N) is 1. The lowest BCUT2D eigenvalue weighted by atomic mass is 9.90. The molecule has 5 rings (SSSR count). The van der Waals surface area contributed by atoms with E-state index in [0.29, 0.717) is 6.61 Å². The number of hydrogen-bond acceptors (Lipinski definition) is 3. The Bertz CT molecular complexity index is 1360. The highest BCUT2D eigenvalue weighted by Crippen LogP contribution is 2.34. The molecule has 4 aromatic rings. The molecule has 1 aliphatic rings. The minimum Gasteiger partial charge on any atom is -0.497 e. The number of hydrogen-bond donors (Lipinski definition) is 1. The third-order valence-electron chi connectivity index (χ3n) is 6.92. The summed E-state index contributed by atoms with van der Waals surface area (Å²) >= 11 is 0. The molecule has 0 saturated carbocycles. The van der Waals surface area contributed by atoms with Crippen molar-refractivity contribution in [3.63, 3.8) is 0 Å². The van der Waals surface area contributed by atoms with Crippen LogP contribution in [0.25, 0.3) is 11.6 Å². The van der Waals surface area contributed by atoms with Crippen LogP contribution in [-0.2, 0) is 25.8 Å². The number of para-hydroxylation sites is 1. The molecule has 0 aliphatic carbocycles. The van der Waals surface area contributed by atoms with Crippen LogP contribution in [0.5, 0.6) is 11.5 Å². The third-order valence-corrected chi connectivity index (χ3v) is 6.92. The van der Waals surface area contributed by atoms with Gasteiger partial charge in [0.2, 0.25) is 0 Å². The molecule has 36 heavy (non-hydrogen) atoms. The third kappa shape index (κ3) is 5.31. The van der Waals surface area contributed by atoms with E-state index in [0.717, 1.165) is 37.3 Å². The monoisotopic (exact) mass is 475 g/mol. The molecule has 4 aromatic carbocycles. The van der Waals surface area contributed by atoms with Crippen molar-refractivity contribution in [2.45, 2.75) is 32.7 Å². The minimum atomic E-state index is 0.487. The lowest BCUT2D eigenvalue weighted by molar-refractivity contribution is 0.363. The molecule has 0 saturated heterocycles. The molecule has 1 N–H and O–H groups in total. The van der Waals surface area contributed by atoms with E-state index in [1.54, 1.807) is 7.11 Å². The average Bonchev–Trinajstić information content (AvgIpc) is 2.92. The maximum absolute atomic E-state index is 6.30. The topological polar surface area (TPSA) is 30.5 Å². The van der Waals surface area contributed by atoms with E-state index < -0.39 is 0 Å². The number of methoxy groups -OCH3 is 1. The van der Waals surface area contributed by atoms with Crippen LogP contribution in [0, 0.1) is 0 Å². The quantitative estimate of drug-likeness (QED) is 0.285. The summed E-state index contributed by atoms with van der Waals surface area (Å²) in [6, 6.07) is 31.8. The smallest absolute Gasteiger partial charge is 0.123 e. The maximum Gasteiger partial charge on any atom is 0.123 e. The van der Waals surface area contributed by atoms with Crippen LogP contribution in [0.1, 0.15) is 40.3 Å². The number of ether oxygens (including phenoxy) is 2. The summed E-state index contributed by atoms with van der Waals surface area (Å²) in [6.45, 7) is 3.51. The van der Waals surface area contributed by atoms with Gasteiger partial charge in [0.1, 0.15) is 18.1 Å². The number of aryl methyl sites for hydroxylation is 3. The molecule has 0 bridgehead atoms. The summed E-state index contributed by atoms with van der Waals surface area (Å²) < 4.78 is 11.7. The zero-order valence-corrected chi connectivity index (χ0v) is 21.1. The molecule has 3 heteroatoms. The summed E-state index contributed by atoms with van der Waals surface area (Å²) in [7, 11) is 1.68. The molecule has 0 aromatic heterocycles. The van der Waals surface area contributed by atoms with E-state index in [-0.39, 0.29) is 0 Å². The van der Waals surface area contributed by atoms with Gasteiger partial charge in [0, 0.05) is 18.3 Å². The van der Waals surface area contributed by atoms with Gasteiger partial charge >= 0.3 is 0 Å². The van der Waals surface area contributed by atoms with Crippen molar-refractivity contribution in [3.8, 4) is 11.5 Å². The van der Waals surface area contributed by atoms with E-state index >= 15 is 0 Å². The maximum atomic E-state index is 6.30. The highest BCUT2D eigenvalue weighted by Gasteiger charge is 2.18. The standard InChI is InChI=1S/C33H33NO2/c1-3-25-12-8-17-31-28(23-36-30-16-9-15-29(21-30)35-2)20-27-14-7-13-26(33(27)34-22-32(25)31)19-18-24-10-5-4-6-11-24/h4-17,20-21,34H,3,18-19,22-23H2,1-2H3/b28-20-. The Labute approximate surface area is 214 Å². The van der Waals surface area contributed by atoms with E-state index in [1.807, 2.05) is 24.3 Å². The minimum absolute atomic E-state index is 0.487. The van der Waals surface area contributed by atoms with Crippen LogP contribution < -0.4 is 14.8 Å². The fraction of sp³-hybridized carbons (Fsp3) is 0.212. The van der Waals surface area contributed by atoms with Crippen molar-refractivity contribution in [1.29, 1.82) is 0 Å². The molecular formula is C33H33NO2. The lowest BCUT2D eigenvalue weighted by Gasteiger charge is -2.24. The Morgan fingerprint density at radius 3 is 2.39 bits per heavy atom. The van der Waals surface area contributed by atoms with Crippen molar-refractivity contribution in [2.24, 2.45) is 0 Å². The van der Waals surface area contributed by atoms with Gasteiger partial charge < -0.3 is 14.8 Å². The van der Waals surface area contributed by atoms with Crippen molar-refractivity contribution in [2.75, 3.05) is 19.0 Å². The summed E-state index contributed by atoms with van der Waals surface area (Å²) in [5, 5.41) is 3.81. The summed E-state index contributed by atoms with van der Waals surface area (Å²) in [5.74, 6) is 1.60. The van der Waals surface area contributed by atoms with Gasteiger partial charge in [-0.2, -0.15) is 0 Å². The van der Waals surface area contributed by atoms with Gasteiger partial charge in [0.15, 0.2) is 0 Å². The van der Waals surface area contributed by atoms with E-state index in [2.05, 4.69) is 85.0 Å². The number of fused-ring (bicyclic) bond motifs is 2. The SMILES string of the molecule is CCc1cccc2c1CNc1c(cccc1CCc1ccccc1)/C=C\2COc1cccc(OC)c1. The van der Waals surface area contributed by atoms with E-state index in [1.165, 1.54) is 44.6 Å². The molecule has 0 fully saturated rings. The molecule has 3 nitrogen and oxygen atoms in total. The van der Waals surface area contributed by atoms with Crippen LogP contribution in [0.4, 0.5) is 5.69 Å². The second-order valence-electron chi connectivity index (χ2n) is 9.15. The van der Waals surface area contributed by atoms with Gasteiger partial charge in [-0.1, -0.05) is 79.7 Å². The normalized spacial score (nSPS) is 13.8. The summed E-state index contributed by atoms with van der Waals surface area (Å²) in [4.78, 5) is 0. The van der Waals surface area contributed by atoms with Crippen LogP contribution in [0.15, 0.2) is 91.0 Å². The van der Waals surface area contributed by atoms with Gasteiger partial charge in [-0.15, -0.1) is 0 Å². The first kappa shape index (κ1) is 23.7. The Kier molecular flexibility index (Phi) is 7.37. The van der Waals surface area contributed by atoms with Crippen molar-refractivity contribution >= 4 is 17.3 Å². The molecule has 182 valence electrons. The molecular weight excluding hydrogens is 442 g/mol. The molecule has 0 spiro atoms. The second-order valence-corrected chi connectivity index (χ2v) is 9.15. The van der Waals surface area contributed by atoms with E-state index in [9.17, 15) is 0 Å². The van der Waals surface area contributed by atoms with Crippen molar-refractivity contribution in [1.82, 2.24) is 0 Å². The van der Waals surface area contributed by atoms with Crippen LogP contribution in [0.2, 0.25) is 0 Å². The molecule has 0 unspecified atom stereocenters. The van der Waals surface area contributed by atoms with Crippen molar-refractivity contribution < 1.29 is 9.47 Å². The van der Waals surface area contributed by atoms with Gasteiger partial charge in [-0.25, -0.2) is 0 Å². The second kappa shape index (κ2) is 11.2. The summed E-state index contributed by atoms with van der Waals surface area (Å²) in [6.07, 6.45) is 5.31. The van der Waals surface area contributed by atoms with Gasteiger partial charge in [-0.05, 0) is 76.4 Å². The predicted octanol–water partition coefficient (Wildman–Crippen LogP) is 7.59. The highest BCUT2D eigenvalue weighted by atomic mass is 16.5. The first-order chi connectivity index (χ1) is 17.7. The zero-order chi connectivity index (χ0) is 24.7. The van der Waals surface area contributed by atoms with Gasteiger partial charge in [-0.3, -0.25) is 0 Å². The molecule has 0 atom stereocenters. The van der Waals surface area contributed by atoms with Crippen molar-refractivity contribution in [3.05, 3.63) is 124 Å². The van der Waals surface area contributed by atoms with Crippen LogP contribution >= 0.6 is 0 Å². The Hall–Kier alpha value is -3.98. The highest BCUT2D eigenvalue weighted by molar-refractivity contribution is 5.89. The lowest BCUT2D eigenvalue weighted by Crippen LogP contribution is -2.13. The number of benzene rings is 4. The Morgan fingerprint density at radius 1 is 0.778 bits per heavy atom. The Balaban J connectivity index is 1.51. The fourth-order valence-corrected chi connectivity index (χ4v) is 4.98.